The monoisotopic (exact) mass is 610 g/mol. The van der Waals surface area contributed by atoms with Crippen molar-refractivity contribution in [3.05, 3.63) is 58.4 Å². The molecule has 0 bridgehead atoms. The first kappa shape index (κ1) is 37.7. The van der Waals surface area contributed by atoms with Crippen molar-refractivity contribution in [3.8, 4) is 18.2 Å². The van der Waals surface area contributed by atoms with E-state index in [0.29, 0.717) is 17.4 Å². The summed E-state index contributed by atoms with van der Waals surface area (Å²) in [6.45, 7) is 15.7. The molecule has 0 saturated carbocycles. The molecule has 1 aliphatic heterocycles. The molecular formula is C40H58N4O. The first-order valence-electron chi connectivity index (χ1n) is 17.8. The lowest BCUT2D eigenvalue weighted by Crippen LogP contribution is -2.34. The normalized spacial score (nSPS) is 15.3. The van der Waals surface area contributed by atoms with Crippen LogP contribution in [0, 0.1) is 45.8 Å². The van der Waals surface area contributed by atoms with Crippen LogP contribution in [0.25, 0.3) is 6.08 Å². The van der Waals surface area contributed by atoms with E-state index in [4.69, 9.17) is 4.74 Å². The van der Waals surface area contributed by atoms with Gasteiger partial charge in [0.2, 0.25) is 0 Å². The predicted octanol–water partition coefficient (Wildman–Crippen LogP) is 11.2. The summed E-state index contributed by atoms with van der Waals surface area (Å²) in [7, 11) is 0. The number of nitrogens with zero attached hydrogens (tertiary/aromatic N) is 4. The summed E-state index contributed by atoms with van der Waals surface area (Å²) in [5, 5.41) is 29.5. The molecule has 0 fully saturated rings. The Labute approximate surface area is 275 Å². The van der Waals surface area contributed by atoms with E-state index < -0.39 is 5.60 Å². The maximum atomic E-state index is 10.2. The van der Waals surface area contributed by atoms with Crippen LogP contribution in [0.1, 0.15) is 137 Å². The Kier molecular flexibility index (Phi) is 17.2. The summed E-state index contributed by atoms with van der Waals surface area (Å²) in [5.74, 6) is 1.53. The van der Waals surface area contributed by atoms with Crippen molar-refractivity contribution < 1.29 is 4.74 Å². The van der Waals surface area contributed by atoms with Gasteiger partial charge in [-0.05, 0) is 68.1 Å². The number of ether oxygens (including phenoxy) is 1. The van der Waals surface area contributed by atoms with Crippen molar-refractivity contribution in [1.29, 1.82) is 15.8 Å². The highest BCUT2D eigenvalue weighted by Gasteiger charge is 2.45. The minimum Gasteiger partial charge on any atom is -0.479 e. The molecule has 0 saturated heterocycles. The van der Waals surface area contributed by atoms with Gasteiger partial charge < -0.3 is 9.64 Å². The topological polar surface area (TPSA) is 83.8 Å². The second-order valence-corrected chi connectivity index (χ2v) is 12.8. The van der Waals surface area contributed by atoms with E-state index >= 15 is 0 Å². The Bertz CT molecular complexity index is 1210. The molecule has 2 unspecified atom stereocenters. The van der Waals surface area contributed by atoms with Gasteiger partial charge in [-0.1, -0.05) is 117 Å². The van der Waals surface area contributed by atoms with Crippen LogP contribution in [0.15, 0.2) is 52.8 Å². The van der Waals surface area contributed by atoms with E-state index in [0.717, 1.165) is 62.8 Å². The summed E-state index contributed by atoms with van der Waals surface area (Å²) >= 11 is 0. The number of allylic oxidation sites excluding steroid dienone is 2. The maximum absolute atomic E-state index is 10.2. The SMILES string of the molecule is CCCCC(CC)CN(CC(CC)CCCC)c1ccc(/C=C/C2=C(C#N)C(=C(C#N)C#N)OC2(CCCC)CCCC)cc1. The highest BCUT2D eigenvalue weighted by Crippen LogP contribution is 2.46. The number of nitriles is 3. The van der Waals surface area contributed by atoms with Crippen molar-refractivity contribution in [2.24, 2.45) is 11.8 Å². The van der Waals surface area contributed by atoms with Crippen LogP contribution >= 0.6 is 0 Å². The summed E-state index contributed by atoms with van der Waals surface area (Å²) in [4.78, 5) is 2.63. The number of unbranched alkanes of at least 4 members (excludes halogenated alkanes) is 4. The zero-order valence-electron chi connectivity index (χ0n) is 29.1. The zero-order chi connectivity index (χ0) is 33.1. The zero-order valence-corrected chi connectivity index (χ0v) is 29.1. The third kappa shape index (κ3) is 10.8. The molecule has 1 aromatic carbocycles. The molecule has 2 atom stereocenters. The minimum atomic E-state index is -0.708. The van der Waals surface area contributed by atoms with Crippen molar-refractivity contribution >= 4 is 11.8 Å². The number of anilines is 1. The molecule has 244 valence electrons. The average Bonchev–Trinajstić information content (AvgIpc) is 3.38. The third-order valence-electron chi connectivity index (χ3n) is 9.46. The summed E-state index contributed by atoms with van der Waals surface area (Å²) < 4.78 is 6.48. The van der Waals surface area contributed by atoms with Gasteiger partial charge in [0, 0.05) is 24.4 Å². The summed E-state index contributed by atoms with van der Waals surface area (Å²) in [5.41, 5.74) is 2.59. The van der Waals surface area contributed by atoms with Crippen LogP contribution in [-0.2, 0) is 4.74 Å². The average molecular weight is 611 g/mol. The number of hydrogen-bond donors (Lipinski definition) is 0. The first-order chi connectivity index (χ1) is 21.9. The molecule has 0 N–H and O–H groups in total. The van der Waals surface area contributed by atoms with Crippen molar-refractivity contribution in [2.45, 2.75) is 137 Å². The van der Waals surface area contributed by atoms with Gasteiger partial charge >= 0.3 is 0 Å². The van der Waals surface area contributed by atoms with Gasteiger partial charge in [-0.25, -0.2) is 0 Å². The highest BCUT2D eigenvalue weighted by molar-refractivity contribution is 5.65. The maximum Gasteiger partial charge on any atom is 0.172 e. The Morgan fingerprint density at radius 2 is 1.27 bits per heavy atom. The number of hydrogen-bond acceptors (Lipinski definition) is 5. The van der Waals surface area contributed by atoms with Crippen LogP contribution < -0.4 is 4.90 Å². The second-order valence-electron chi connectivity index (χ2n) is 12.8. The van der Waals surface area contributed by atoms with Crippen molar-refractivity contribution in [3.63, 3.8) is 0 Å². The van der Waals surface area contributed by atoms with Crippen LogP contribution in [0.2, 0.25) is 0 Å². The smallest absolute Gasteiger partial charge is 0.172 e. The Morgan fingerprint density at radius 3 is 1.69 bits per heavy atom. The number of rotatable bonds is 21. The fourth-order valence-electron chi connectivity index (χ4n) is 6.44. The van der Waals surface area contributed by atoms with Gasteiger partial charge in [-0.15, -0.1) is 0 Å². The fourth-order valence-corrected chi connectivity index (χ4v) is 6.44. The molecule has 45 heavy (non-hydrogen) atoms. The van der Waals surface area contributed by atoms with Gasteiger partial charge in [0.15, 0.2) is 11.3 Å². The molecule has 0 aromatic heterocycles. The Morgan fingerprint density at radius 1 is 0.756 bits per heavy atom. The molecule has 1 aromatic rings. The van der Waals surface area contributed by atoms with Crippen LogP contribution in [0.3, 0.4) is 0 Å². The molecule has 0 radical (unpaired) electrons. The van der Waals surface area contributed by atoms with E-state index in [2.05, 4.69) is 82.9 Å². The molecule has 1 aliphatic rings. The van der Waals surface area contributed by atoms with Crippen LogP contribution in [-0.4, -0.2) is 18.7 Å². The van der Waals surface area contributed by atoms with E-state index in [9.17, 15) is 15.8 Å². The van der Waals surface area contributed by atoms with E-state index in [1.165, 1.54) is 57.1 Å². The summed E-state index contributed by atoms with van der Waals surface area (Å²) in [6, 6.07) is 15.1. The minimum absolute atomic E-state index is 0.134. The van der Waals surface area contributed by atoms with Gasteiger partial charge in [0.25, 0.3) is 0 Å². The molecule has 1 heterocycles. The van der Waals surface area contributed by atoms with Crippen molar-refractivity contribution in [1.82, 2.24) is 0 Å². The molecule has 0 aliphatic carbocycles. The Hall–Kier alpha value is -3.49. The lowest BCUT2D eigenvalue weighted by atomic mass is 9.82. The predicted molar refractivity (Wildman–Crippen MR) is 188 cm³/mol. The molecule has 0 amide bonds. The van der Waals surface area contributed by atoms with Gasteiger partial charge in [0.1, 0.15) is 29.4 Å². The molecule has 2 rings (SSSR count). The molecule has 5 nitrogen and oxygen atoms in total. The fraction of sp³-hybridized carbons (Fsp3) is 0.625. The third-order valence-corrected chi connectivity index (χ3v) is 9.46. The van der Waals surface area contributed by atoms with Gasteiger partial charge in [-0.2, -0.15) is 15.8 Å². The van der Waals surface area contributed by atoms with E-state index in [-0.39, 0.29) is 11.3 Å². The lowest BCUT2D eigenvalue weighted by molar-refractivity contribution is 0.0395. The quantitative estimate of drug-likeness (QED) is 0.129. The van der Waals surface area contributed by atoms with Gasteiger partial charge in [-0.3, -0.25) is 0 Å². The largest absolute Gasteiger partial charge is 0.479 e. The molecule has 0 spiro atoms. The molecule has 5 heteroatoms. The highest BCUT2D eigenvalue weighted by atomic mass is 16.5. The van der Waals surface area contributed by atoms with Crippen molar-refractivity contribution in [2.75, 3.05) is 18.0 Å². The van der Waals surface area contributed by atoms with Crippen LogP contribution in [0.4, 0.5) is 5.69 Å². The Balaban J connectivity index is 2.50. The summed E-state index contributed by atoms with van der Waals surface area (Å²) in [6.07, 6.45) is 19.4. The van der Waals surface area contributed by atoms with E-state index in [1.54, 1.807) is 0 Å². The standard InChI is InChI=1S/C40H58N4O/c1-7-13-17-32(11-5)30-44(31-33(12-6)18-14-8-2)36-22-19-34(20-23-36)21-24-38-37(29-43)39(35(27-41)28-42)45-40(38,25-15-9-3)26-16-10-4/h19-24,32-33H,7-18,25-26,30-31H2,1-6H3/b24-21+. The lowest BCUT2D eigenvalue weighted by Gasteiger charge is -2.32. The first-order valence-corrected chi connectivity index (χ1v) is 17.8. The van der Waals surface area contributed by atoms with E-state index in [1.807, 2.05) is 18.2 Å². The van der Waals surface area contributed by atoms with Crippen LogP contribution in [0.5, 0.6) is 0 Å². The number of benzene rings is 1. The second kappa shape index (κ2) is 20.5. The molecular weight excluding hydrogens is 552 g/mol. The van der Waals surface area contributed by atoms with Gasteiger partial charge in [0.05, 0.1) is 0 Å².